The van der Waals surface area contributed by atoms with Crippen molar-refractivity contribution in [2.24, 2.45) is 0 Å². The molecule has 0 aliphatic carbocycles. The van der Waals surface area contributed by atoms with Crippen LogP contribution in [-0.4, -0.2) is 24.3 Å². The summed E-state index contributed by atoms with van der Waals surface area (Å²) in [4.78, 5) is 11.3. The molecule has 4 nitrogen and oxygen atoms in total. The number of rotatable bonds is 2. The van der Waals surface area contributed by atoms with E-state index in [1.54, 1.807) is 12.1 Å². The van der Waals surface area contributed by atoms with Crippen molar-refractivity contribution in [2.75, 3.05) is 13.2 Å². The van der Waals surface area contributed by atoms with Crippen LogP contribution in [0.5, 0.6) is 11.5 Å². The second-order valence-corrected chi connectivity index (χ2v) is 4.61. The number of fused-ring (bicyclic) bond motifs is 1. The molecular weight excluding hydrogens is 256 g/mol. The fourth-order valence-electron chi connectivity index (χ4n) is 2.45. The second-order valence-electron chi connectivity index (χ2n) is 4.61. The lowest BCUT2D eigenvalue weighted by Crippen LogP contribution is -2.16. The zero-order chi connectivity index (χ0) is 14.1. The molecule has 0 aromatic heterocycles. The lowest BCUT2D eigenvalue weighted by atomic mass is 9.95. The fraction of sp³-hybridized carbons (Fsp3) is 0.188. The summed E-state index contributed by atoms with van der Waals surface area (Å²) in [6.07, 6.45) is 0. The average Bonchev–Trinajstić information content (AvgIpc) is 2.48. The Bertz CT molecular complexity index is 676. The number of carbonyl (C=O) groups is 1. The third-order valence-electron chi connectivity index (χ3n) is 3.40. The molecule has 0 saturated carbocycles. The molecule has 20 heavy (non-hydrogen) atoms. The van der Waals surface area contributed by atoms with E-state index in [0.29, 0.717) is 30.3 Å². The van der Waals surface area contributed by atoms with Gasteiger partial charge in [-0.05, 0) is 30.2 Å². The highest BCUT2D eigenvalue weighted by Gasteiger charge is 2.19. The van der Waals surface area contributed by atoms with Gasteiger partial charge in [-0.2, -0.15) is 0 Å². The summed E-state index contributed by atoms with van der Waals surface area (Å²) in [6.45, 7) is 2.97. The smallest absolute Gasteiger partial charge is 0.336 e. The third kappa shape index (κ3) is 1.99. The van der Waals surface area contributed by atoms with Gasteiger partial charge in [0.05, 0.1) is 5.56 Å². The highest BCUT2D eigenvalue weighted by atomic mass is 16.6. The van der Waals surface area contributed by atoms with Crippen molar-refractivity contribution in [3.05, 3.63) is 47.5 Å². The van der Waals surface area contributed by atoms with Gasteiger partial charge in [0.25, 0.3) is 0 Å². The SMILES string of the molecule is Cc1c(-c2ccccc2C(=O)O)ccc2c1OCCO2. The third-order valence-corrected chi connectivity index (χ3v) is 3.40. The van der Waals surface area contributed by atoms with Gasteiger partial charge in [-0.25, -0.2) is 4.79 Å². The Labute approximate surface area is 116 Å². The van der Waals surface area contributed by atoms with E-state index in [4.69, 9.17) is 9.47 Å². The molecule has 1 aliphatic heterocycles. The molecule has 1 N–H and O–H groups in total. The van der Waals surface area contributed by atoms with Gasteiger partial charge in [0.15, 0.2) is 11.5 Å². The van der Waals surface area contributed by atoms with E-state index in [0.717, 1.165) is 11.1 Å². The molecule has 0 amide bonds. The first-order valence-corrected chi connectivity index (χ1v) is 6.40. The van der Waals surface area contributed by atoms with Crippen molar-refractivity contribution >= 4 is 5.97 Å². The topological polar surface area (TPSA) is 55.8 Å². The van der Waals surface area contributed by atoms with Crippen LogP contribution < -0.4 is 9.47 Å². The quantitative estimate of drug-likeness (QED) is 0.910. The molecular formula is C16H14O4. The molecule has 1 aliphatic rings. The summed E-state index contributed by atoms with van der Waals surface area (Å²) in [6, 6.07) is 10.7. The number of carboxylic acids is 1. The van der Waals surface area contributed by atoms with Crippen LogP contribution in [0.2, 0.25) is 0 Å². The standard InChI is InChI=1S/C16H14O4/c1-10-11(6-7-14-15(10)20-9-8-19-14)12-4-2-3-5-13(12)16(17)18/h2-7H,8-9H2,1H3,(H,17,18). The van der Waals surface area contributed by atoms with Crippen LogP contribution in [-0.2, 0) is 0 Å². The predicted molar refractivity (Wildman–Crippen MR) is 74.6 cm³/mol. The lowest BCUT2D eigenvalue weighted by Gasteiger charge is -2.22. The summed E-state index contributed by atoms with van der Waals surface area (Å²) in [7, 11) is 0. The average molecular weight is 270 g/mol. The van der Waals surface area contributed by atoms with Gasteiger partial charge < -0.3 is 14.6 Å². The molecule has 0 saturated heterocycles. The van der Waals surface area contributed by atoms with Gasteiger partial charge in [0, 0.05) is 5.56 Å². The van der Waals surface area contributed by atoms with Crippen molar-refractivity contribution in [2.45, 2.75) is 6.92 Å². The van der Waals surface area contributed by atoms with Crippen LogP contribution in [0.25, 0.3) is 11.1 Å². The Hall–Kier alpha value is -2.49. The number of ether oxygens (including phenoxy) is 2. The summed E-state index contributed by atoms with van der Waals surface area (Å²) in [5.41, 5.74) is 2.73. The van der Waals surface area contributed by atoms with E-state index in [2.05, 4.69) is 0 Å². The number of carboxylic acid groups (broad SMARTS) is 1. The lowest BCUT2D eigenvalue weighted by molar-refractivity contribution is 0.0697. The summed E-state index contributed by atoms with van der Waals surface area (Å²) in [5, 5.41) is 9.30. The molecule has 0 atom stereocenters. The van der Waals surface area contributed by atoms with Crippen molar-refractivity contribution in [1.29, 1.82) is 0 Å². The van der Waals surface area contributed by atoms with E-state index >= 15 is 0 Å². The van der Waals surface area contributed by atoms with Crippen LogP contribution in [0, 0.1) is 6.92 Å². The molecule has 0 unspecified atom stereocenters. The maximum Gasteiger partial charge on any atom is 0.336 e. The maximum atomic E-state index is 11.3. The highest BCUT2D eigenvalue weighted by molar-refractivity contribution is 5.96. The van der Waals surface area contributed by atoms with Gasteiger partial charge in [-0.15, -0.1) is 0 Å². The predicted octanol–water partition coefficient (Wildman–Crippen LogP) is 3.13. The molecule has 4 heteroatoms. The Kier molecular flexibility index (Phi) is 3.06. The van der Waals surface area contributed by atoms with E-state index in [1.165, 1.54) is 0 Å². The molecule has 0 radical (unpaired) electrons. The monoisotopic (exact) mass is 270 g/mol. The molecule has 3 rings (SSSR count). The van der Waals surface area contributed by atoms with Crippen LogP contribution in [0.15, 0.2) is 36.4 Å². The Morgan fingerprint density at radius 2 is 1.80 bits per heavy atom. The maximum absolute atomic E-state index is 11.3. The minimum Gasteiger partial charge on any atom is -0.486 e. The van der Waals surface area contributed by atoms with E-state index in [-0.39, 0.29) is 5.56 Å². The molecule has 0 spiro atoms. The zero-order valence-corrected chi connectivity index (χ0v) is 11.1. The van der Waals surface area contributed by atoms with Gasteiger partial charge in [-0.1, -0.05) is 24.3 Å². The van der Waals surface area contributed by atoms with Crippen molar-refractivity contribution in [1.82, 2.24) is 0 Å². The first-order chi connectivity index (χ1) is 9.68. The fourth-order valence-corrected chi connectivity index (χ4v) is 2.45. The Morgan fingerprint density at radius 3 is 2.60 bits per heavy atom. The minimum atomic E-state index is -0.935. The first-order valence-electron chi connectivity index (χ1n) is 6.40. The van der Waals surface area contributed by atoms with Gasteiger partial charge in [0.2, 0.25) is 0 Å². The molecule has 1 heterocycles. The highest BCUT2D eigenvalue weighted by Crippen LogP contribution is 2.40. The van der Waals surface area contributed by atoms with Crippen molar-refractivity contribution < 1.29 is 19.4 Å². The summed E-state index contributed by atoms with van der Waals surface area (Å²) < 4.78 is 11.2. The van der Waals surface area contributed by atoms with Gasteiger partial charge in [-0.3, -0.25) is 0 Å². The zero-order valence-electron chi connectivity index (χ0n) is 11.1. The van der Waals surface area contributed by atoms with Crippen molar-refractivity contribution in [3.63, 3.8) is 0 Å². The Morgan fingerprint density at radius 1 is 1.05 bits per heavy atom. The molecule has 2 aromatic carbocycles. The molecule has 0 bridgehead atoms. The number of hydrogen-bond donors (Lipinski definition) is 1. The number of aromatic carboxylic acids is 1. The van der Waals surface area contributed by atoms with Crippen molar-refractivity contribution in [3.8, 4) is 22.6 Å². The molecule has 102 valence electrons. The van der Waals surface area contributed by atoms with Crippen LogP contribution >= 0.6 is 0 Å². The van der Waals surface area contributed by atoms with E-state index < -0.39 is 5.97 Å². The van der Waals surface area contributed by atoms with Gasteiger partial charge in [0.1, 0.15) is 13.2 Å². The van der Waals surface area contributed by atoms with Gasteiger partial charge >= 0.3 is 5.97 Å². The largest absolute Gasteiger partial charge is 0.486 e. The first kappa shape index (κ1) is 12.5. The summed E-state index contributed by atoms with van der Waals surface area (Å²) in [5.74, 6) is 0.481. The normalized spacial score (nSPS) is 13.1. The number of benzene rings is 2. The Balaban J connectivity index is 2.19. The molecule has 2 aromatic rings. The molecule has 0 fully saturated rings. The van der Waals surface area contributed by atoms with Crippen LogP contribution in [0.4, 0.5) is 0 Å². The van der Waals surface area contributed by atoms with Crippen LogP contribution in [0.3, 0.4) is 0 Å². The van der Waals surface area contributed by atoms with E-state index in [9.17, 15) is 9.90 Å². The van der Waals surface area contributed by atoms with E-state index in [1.807, 2.05) is 31.2 Å². The van der Waals surface area contributed by atoms with Crippen LogP contribution in [0.1, 0.15) is 15.9 Å². The minimum absolute atomic E-state index is 0.285. The summed E-state index contributed by atoms with van der Waals surface area (Å²) >= 11 is 0. The second kappa shape index (κ2) is 4.89. The number of hydrogen-bond acceptors (Lipinski definition) is 3.